The average Bonchev–Trinajstić information content (AvgIpc) is 2.84. The number of amides is 1. The molecule has 2 rings (SSSR count). The van der Waals surface area contributed by atoms with Crippen LogP contribution in [-0.2, 0) is 4.79 Å². The first-order valence-electron chi connectivity index (χ1n) is 7.05. The summed E-state index contributed by atoms with van der Waals surface area (Å²) in [6.07, 6.45) is 0. The van der Waals surface area contributed by atoms with E-state index in [9.17, 15) is 14.7 Å². The lowest BCUT2D eigenvalue weighted by molar-refractivity contribution is -0.139. The lowest BCUT2D eigenvalue weighted by atomic mass is 10.0. The SMILES string of the molecule is COc1cc(C(=O)N[C@H](C(=O)O)c2c(C)n[nH]c2C)ccc1C. The average molecular weight is 317 g/mol. The molecule has 0 aliphatic rings. The monoisotopic (exact) mass is 317 g/mol. The molecule has 0 aliphatic carbocycles. The molecule has 1 aromatic heterocycles. The molecule has 7 nitrogen and oxygen atoms in total. The lowest BCUT2D eigenvalue weighted by Gasteiger charge is -2.16. The van der Waals surface area contributed by atoms with Crippen LogP contribution >= 0.6 is 0 Å². The van der Waals surface area contributed by atoms with E-state index in [1.807, 2.05) is 6.92 Å². The summed E-state index contributed by atoms with van der Waals surface area (Å²) < 4.78 is 5.19. The zero-order valence-electron chi connectivity index (χ0n) is 13.4. The van der Waals surface area contributed by atoms with Gasteiger partial charge in [-0.2, -0.15) is 5.10 Å². The molecule has 122 valence electrons. The third-order valence-corrected chi connectivity index (χ3v) is 3.67. The number of rotatable bonds is 5. The largest absolute Gasteiger partial charge is 0.496 e. The second kappa shape index (κ2) is 6.51. The molecule has 3 N–H and O–H groups in total. The normalized spacial score (nSPS) is 11.8. The van der Waals surface area contributed by atoms with Crippen molar-refractivity contribution in [3.05, 3.63) is 46.3 Å². The standard InChI is InChI=1S/C16H19N3O4/c1-8-5-6-11(7-12(8)23-4)15(20)17-14(16(21)22)13-9(2)18-19-10(13)3/h5-7,14H,1-4H3,(H,17,20)(H,18,19)(H,21,22)/t14-/m0/s1. The summed E-state index contributed by atoms with van der Waals surface area (Å²) in [5.41, 5.74) is 2.83. The molecular formula is C16H19N3O4. The number of carbonyl (C=O) groups is 2. The van der Waals surface area contributed by atoms with Gasteiger partial charge in [0.2, 0.25) is 0 Å². The maximum atomic E-state index is 12.4. The highest BCUT2D eigenvalue weighted by Crippen LogP contribution is 2.22. The van der Waals surface area contributed by atoms with Crippen molar-refractivity contribution in [2.45, 2.75) is 26.8 Å². The Balaban J connectivity index is 2.31. The summed E-state index contributed by atoms with van der Waals surface area (Å²) in [5, 5.41) is 18.7. The smallest absolute Gasteiger partial charge is 0.331 e. The van der Waals surface area contributed by atoms with Crippen molar-refractivity contribution in [2.24, 2.45) is 0 Å². The highest BCUT2D eigenvalue weighted by Gasteiger charge is 2.27. The number of carbonyl (C=O) groups excluding carboxylic acids is 1. The Hall–Kier alpha value is -2.83. The Labute approximate surface area is 133 Å². The van der Waals surface area contributed by atoms with Gasteiger partial charge in [0.25, 0.3) is 5.91 Å². The second-order valence-corrected chi connectivity index (χ2v) is 5.28. The summed E-state index contributed by atoms with van der Waals surface area (Å²) in [4.78, 5) is 24.0. The Kier molecular flexibility index (Phi) is 4.68. The van der Waals surface area contributed by atoms with Crippen LogP contribution in [0.5, 0.6) is 5.75 Å². The summed E-state index contributed by atoms with van der Waals surface area (Å²) in [6, 6.07) is 3.78. The van der Waals surface area contributed by atoms with Crippen molar-refractivity contribution in [2.75, 3.05) is 7.11 Å². The number of ether oxygens (including phenoxy) is 1. The fraction of sp³-hybridized carbons (Fsp3) is 0.312. The number of aliphatic carboxylic acids is 1. The molecule has 2 aromatic rings. The Morgan fingerprint density at radius 3 is 2.52 bits per heavy atom. The summed E-state index contributed by atoms with van der Waals surface area (Å²) >= 11 is 0. The molecule has 7 heteroatoms. The summed E-state index contributed by atoms with van der Waals surface area (Å²) in [6.45, 7) is 5.26. The first-order valence-corrected chi connectivity index (χ1v) is 7.05. The van der Waals surface area contributed by atoms with Crippen molar-refractivity contribution in [3.63, 3.8) is 0 Å². The van der Waals surface area contributed by atoms with Crippen molar-refractivity contribution < 1.29 is 19.4 Å². The molecule has 0 bridgehead atoms. The number of hydrogen-bond acceptors (Lipinski definition) is 4. The number of carboxylic acids is 1. The van der Waals surface area contributed by atoms with Crippen LogP contribution in [0.3, 0.4) is 0 Å². The molecule has 0 fully saturated rings. The molecule has 1 atom stereocenters. The maximum Gasteiger partial charge on any atom is 0.331 e. The Bertz CT molecular complexity index is 732. The van der Waals surface area contributed by atoms with Gasteiger partial charge in [-0.05, 0) is 38.5 Å². The van der Waals surface area contributed by atoms with E-state index in [0.29, 0.717) is 28.3 Å². The fourth-order valence-electron chi connectivity index (χ4n) is 2.42. The van der Waals surface area contributed by atoms with E-state index >= 15 is 0 Å². The number of carboxylic acid groups (broad SMARTS) is 1. The third kappa shape index (κ3) is 3.33. The van der Waals surface area contributed by atoms with E-state index in [0.717, 1.165) is 5.56 Å². The third-order valence-electron chi connectivity index (χ3n) is 3.67. The van der Waals surface area contributed by atoms with Crippen molar-refractivity contribution in [1.29, 1.82) is 0 Å². The molecule has 0 unspecified atom stereocenters. The molecule has 1 amide bonds. The minimum absolute atomic E-state index is 0.331. The Morgan fingerprint density at radius 1 is 1.30 bits per heavy atom. The Morgan fingerprint density at radius 2 is 2.00 bits per heavy atom. The van der Waals surface area contributed by atoms with Crippen LogP contribution in [0.2, 0.25) is 0 Å². The zero-order valence-corrected chi connectivity index (χ0v) is 13.4. The van der Waals surface area contributed by atoms with Gasteiger partial charge >= 0.3 is 5.97 Å². The van der Waals surface area contributed by atoms with Crippen molar-refractivity contribution in [3.8, 4) is 5.75 Å². The number of benzene rings is 1. The van der Waals surface area contributed by atoms with Gasteiger partial charge in [0, 0.05) is 16.8 Å². The van der Waals surface area contributed by atoms with Crippen LogP contribution in [0.1, 0.15) is 38.9 Å². The van der Waals surface area contributed by atoms with E-state index in [-0.39, 0.29) is 0 Å². The highest BCUT2D eigenvalue weighted by molar-refractivity contribution is 5.97. The molecule has 0 spiro atoms. The molecule has 0 saturated carbocycles. The zero-order chi connectivity index (χ0) is 17.1. The van der Waals surface area contributed by atoms with Gasteiger partial charge in [0.15, 0.2) is 6.04 Å². The van der Waals surface area contributed by atoms with E-state index < -0.39 is 17.9 Å². The quantitative estimate of drug-likeness (QED) is 0.781. The number of nitrogens with one attached hydrogen (secondary N) is 2. The second-order valence-electron chi connectivity index (χ2n) is 5.28. The van der Waals surface area contributed by atoms with Crippen LogP contribution in [0.4, 0.5) is 0 Å². The predicted molar refractivity (Wildman–Crippen MR) is 83.6 cm³/mol. The van der Waals surface area contributed by atoms with E-state index in [1.54, 1.807) is 32.0 Å². The first kappa shape index (κ1) is 16.5. The van der Waals surface area contributed by atoms with E-state index in [4.69, 9.17) is 4.74 Å². The minimum atomic E-state index is -1.17. The van der Waals surface area contributed by atoms with E-state index in [2.05, 4.69) is 15.5 Å². The number of aryl methyl sites for hydroxylation is 3. The van der Waals surface area contributed by atoms with Gasteiger partial charge in [-0.15, -0.1) is 0 Å². The minimum Gasteiger partial charge on any atom is -0.496 e. The topological polar surface area (TPSA) is 104 Å². The number of nitrogens with zero attached hydrogens (tertiary/aromatic N) is 1. The highest BCUT2D eigenvalue weighted by atomic mass is 16.5. The number of methoxy groups -OCH3 is 1. The molecule has 1 heterocycles. The molecular weight excluding hydrogens is 298 g/mol. The molecule has 0 saturated heterocycles. The first-order chi connectivity index (χ1) is 10.8. The lowest BCUT2D eigenvalue weighted by Crippen LogP contribution is -2.34. The van der Waals surface area contributed by atoms with Crippen molar-refractivity contribution >= 4 is 11.9 Å². The number of aromatic nitrogens is 2. The van der Waals surface area contributed by atoms with Crippen LogP contribution in [0.25, 0.3) is 0 Å². The van der Waals surface area contributed by atoms with Gasteiger partial charge in [-0.1, -0.05) is 6.07 Å². The summed E-state index contributed by atoms with van der Waals surface area (Å²) in [5.74, 6) is -1.07. The van der Waals surface area contributed by atoms with Gasteiger partial charge in [-0.25, -0.2) is 4.79 Å². The fourth-order valence-corrected chi connectivity index (χ4v) is 2.42. The number of H-pyrrole nitrogens is 1. The van der Waals surface area contributed by atoms with Crippen LogP contribution in [-0.4, -0.2) is 34.3 Å². The van der Waals surface area contributed by atoms with Crippen LogP contribution < -0.4 is 10.1 Å². The molecule has 23 heavy (non-hydrogen) atoms. The van der Waals surface area contributed by atoms with Crippen LogP contribution in [0, 0.1) is 20.8 Å². The maximum absolute atomic E-state index is 12.4. The number of hydrogen-bond donors (Lipinski definition) is 3. The van der Waals surface area contributed by atoms with Gasteiger partial charge < -0.3 is 15.2 Å². The predicted octanol–water partition coefficient (Wildman–Crippen LogP) is 1.90. The van der Waals surface area contributed by atoms with Crippen molar-refractivity contribution in [1.82, 2.24) is 15.5 Å². The van der Waals surface area contributed by atoms with Gasteiger partial charge in [0.05, 0.1) is 12.8 Å². The van der Waals surface area contributed by atoms with E-state index in [1.165, 1.54) is 7.11 Å². The molecule has 0 radical (unpaired) electrons. The molecule has 1 aromatic carbocycles. The summed E-state index contributed by atoms with van der Waals surface area (Å²) in [7, 11) is 1.52. The van der Waals surface area contributed by atoms with Gasteiger partial charge in [0.1, 0.15) is 5.75 Å². The van der Waals surface area contributed by atoms with Gasteiger partial charge in [-0.3, -0.25) is 9.89 Å². The molecule has 0 aliphatic heterocycles. The number of aromatic amines is 1. The van der Waals surface area contributed by atoms with Crippen LogP contribution in [0.15, 0.2) is 18.2 Å².